The molecule has 1 aromatic heterocycles. The van der Waals surface area contributed by atoms with E-state index in [2.05, 4.69) is 9.72 Å². The summed E-state index contributed by atoms with van der Waals surface area (Å²) >= 11 is 5.53. The van der Waals surface area contributed by atoms with Crippen molar-refractivity contribution in [1.29, 1.82) is 5.26 Å². The van der Waals surface area contributed by atoms with Gasteiger partial charge in [-0.05, 0) is 13.0 Å². The Morgan fingerprint density at radius 1 is 1.67 bits per heavy atom. The van der Waals surface area contributed by atoms with Gasteiger partial charge in [-0.3, -0.25) is 0 Å². The van der Waals surface area contributed by atoms with Crippen molar-refractivity contribution in [2.24, 2.45) is 0 Å². The van der Waals surface area contributed by atoms with Crippen molar-refractivity contribution >= 4 is 17.6 Å². The Hall–Kier alpha value is -1.74. The molecule has 1 aromatic rings. The lowest BCUT2D eigenvalue weighted by Crippen LogP contribution is -2.12. The molecule has 0 radical (unpaired) electrons. The molecule has 0 aliphatic heterocycles. The van der Waals surface area contributed by atoms with Gasteiger partial charge in [0.25, 0.3) is 6.43 Å². The fourth-order valence-electron chi connectivity index (χ4n) is 1.36. The number of nitriles is 1. The van der Waals surface area contributed by atoms with E-state index in [1.165, 1.54) is 6.07 Å². The summed E-state index contributed by atoms with van der Waals surface area (Å²) in [5.74, 6) is -1.01. The average Bonchev–Trinajstić information content (AvgIpc) is 2.36. The normalized spacial score (nSPS) is 10.2. The van der Waals surface area contributed by atoms with Gasteiger partial charge in [0.1, 0.15) is 6.07 Å². The summed E-state index contributed by atoms with van der Waals surface area (Å²) in [7, 11) is 0. The quantitative estimate of drug-likeness (QED) is 0.625. The van der Waals surface area contributed by atoms with Crippen molar-refractivity contribution in [3.63, 3.8) is 0 Å². The predicted octanol–water partition coefficient (Wildman–Crippen LogP) is 2.81. The van der Waals surface area contributed by atoms with Crippen molar-refractivity contribution in [3.8, 4) is 6.07 Å². The molecular formula is C11H9ClF2N2O2. The average molecular weight is 275 g/mol. The van der Waals surface area contributed by atoms with Gasteiger partial charge >= 0.3 is 5.97 Å². The number of aromatic nitrogens is 1. The minimum atomic E-state index is -2.99. The second kappa shape index (κ2) is 6.26. The van der Waals surface area contributed by atoms with E-state index in [0.29, 0.717) is 0 Å². The zero-order valence-corrected chi connectivity index (χ0v) is 10.2. The minimum Gasteiger partial charge on any atom is -0.462 e. The molecule has 0 bridgehead atoms. The Balaban J connectivity index is 3.45. The molecule has 0 aliphatic rings. The van der Waals surface area contributed by atoms with E-state index in [9.17, 15) is 13.6 Å². The lowest BCUT2D eigenvalue weighted by molar-refractivity contribution is 0.0515. The lowest BCUT2D eigenvalue weighted by Gasteiger charge is -2.10. The topological polar surface area (TPSA) is 63.0 Å². The van der Waals surface area contributed by atoms with Crippen LogP contribution in [0.4, 0.5) is 8.78 Å². The van der Waals surface area contributed by atoms with Crippen molar-refractivity contribution in [3.05, 3.63) is 28.6 Å². The molecule has 0 saturated heterocycles. The Morgan fingerprint density at radius 3 is 2.78 bits per heavy atom. The molecule has 0 N–H and O–H groups in total. The van der Waals surface area contributed by atoms with Gasteiger partial charge in [0.05, 0.1) is 29.3 Å². The summed E-state index contributed by atoms with van der Waals surface area (Å²) in [5.41, 5.74) is -1.43. The highest BCUT2D eigenvalue weighted by atomic mass is 35.5. The molecule has 18 heavy (non-hydrogen) atoms. The molecule has 0 spiro atoms. The SMILES string of the molecule is CCOC(=O)c1cc(CCl)nc(C#N)c1C(F)F. The Morgan fingerprint density at radius 2 is 2.33 bits per heavy atom. The molecule has 1 rings (SSSR count). The number of carbonyl (C=O) groups excluding carboxylic acids is 1. The fourth-order valence-corrected chi connectivity index (χ4v) is 1.50. The third-order valence-corrected chi connectivity index (χ3v) is 2.34. The second-order valence-electron chi connectivity index (χ2n) is 3.19. The van der Waals surface area contributed by atoms with E-state index >= 15 is 0 Å². The van der Waals surface area contributed by atoms with Crippen LogP contribution in [0.1, 0.15) is 40.7 Å². The van der Waals surface area contributed by atoms with Crippen LogP contribution in [0, 0.1) is 11.3 Å². The van der Waals surface area contributed by atoms with Crippen molar-refractivity contribution < 1.29 is 18.3 Å². The van der Waals surface area contributed by atoms with E-state index < -0.39 is 23.7 Å². The largest absolute Gasteiger partial charge is 0.462 e. The number of halogens is 3. The lowest BCUT2D eigenvalue weighted by atomic mass is 10.1. The van der Waals surface area contributed by atoms with Crippen LogP contribution >= 0.6 is 11.6 Å². The predicted molar refractivity (Wildman–Crippen MR) is 59.4 cm³/mol. The summed E-state index contributed by atoms with van der Waals surface area (Å²) < 4.78 is 30.4. The summed E-state index contributed by atoms with van der Waals surface area (Å²) in [6.07, 6.45) is -2.99. The summed E-state index contributed by atoms with van der Waals surface area (Å²) in [6.45, 7) is 1.59. The first-order valence-corrected chi connectivity index (χ1v) is 5.53. The number of hydrogen-bond donors (Lipinski definition) is 0. The maximum atomic E-state index is 12.9. The fraction of sp³-hybridized carbons (Fsp3) is 0.364. The number of hydrogen-bond acceptors (Lipinski definition) is 4. The van der Waals surface area contributed by atoms with Crippen LogP contribution in [-0.2, 0) is 10.6 Å². The molecule has 0 unspecified atom stereocenters. The zero-order valence-electron chi connectivity index (χ0n) is 9.41. The standard InChI is InChI=1S/C11H9ClF2N2O2/c1-2-18-11(17)7-3-6(4-12)16-8(5-15)9(7)10(13)14/h3,10H,2,4H2,1H3. The molecule has 0 fully saturated rings. The van der Waals surface area contributed by atoms with Gasteiger partial charge in [0.15, 0.2) is 5.69 Å². The number of alkyl halides is 3. The van der Waals surface area contributed by atoms with Crippen LogP contribution in [0.25, 0.3) is 0 Å². The van der Waals surface area contributed by atoms with Gasteiger partial charge in [0.2, 0.25) is 0 Å². The molecule has 96 valence electrons. The van der Waals surface area contributed by atoms with Crippen LogP contribution in [-0.4, -0.2) is 17.6 Å². The number of nitrogens with zero attached hydrogens (tertiary/aromatic N) is 2. The number of ether oxygens (including phenoxy) is 1. The van der Waals surface area contributed by atoms with E-state index in [0.717, 1.165) is 6.07 Å². The zero-order chi connectivity index (χ0) is 13.7. The van der Waals surface area contributed by atoms with E-state index in [1.807, 2.05) is 0 Å². The van der Waals surface area contributed by atoms with Gasteiger partial charge in [0, 0.05) is 0 Å². The van der Waals surface area contributed by atoms with Gasteiger partial charge in [-0.1, -0.05) is 0 Å². The third kappa shape index (κ3) is 2.93. The van der Waals surface area contributed by atoms with Gasteiger partial charge < -0.3 is 4.74 Å². The first-order valence-electron chi connectivity index (χ1n) is 5.00. The molecule has 0 amide bonds. The molecule has 0 atom stereocenters. The molecule has 0 saturated carbocycles. The molecule has 0 aliphatic carbocycles. The molecule has 4 nitrogen and oxygen atoms in total. The van der Waals surface area contributed by atoms with Crippen molar-refractivity contribution in [2.45, 2.75) is 19.2 Å². The minimum absolute atomic E-state index is 0.0436. The smallest absolute Gasteiger partial charge is 0.338 e. The number of esters is 1. The first-order chi connectivity index (χ1) is 8.54. The highest BCUT2D eigenvalue weighted by Gasteiger charge is 2.25. The third-order valence-electron chi connectivity index (χ3n) is 2.07. The van der Waals surface area contributed by atoms with E-state index in [-0.39, 0.29) is 23.7 Å². The maximum absolute atomic E-state index is 12.9. The summed E-state index contributed by atoms with van der Waals surface area (Å²) in [5, 5.41) is 8.78. The van der Waals surface area contributed by atoms with Crippen LogP contribution in [0.15, 0.2) is 6.07 Å². The van der Waals surface area contributed by atoms with Crippen LogP contribution < -0.4 is 0 Å². The van der Waals surface area contributed by atoms with Crippen LogP contribution in [0.5, 0.6) is 0 Å². The summed E-state index contributed by atoms with van der Waals surface area (Å²) in [4.78, 5) is 15.2. The Bertz CT molecular complexity index is 501. The molecule has 1 heterocycles. The van der Waals surface area contributed by atoms with Crippen LogP contribution in [0.3, 0.4) is 0 Å². The van der Waals surface area contributed by atoms with E-state index in [1.54, 1.807) is 6.92 Å². The first kappa shape index (κ1) is 14.3. The van der Waals surface area contributed by atoms with Crippen molar-refractivity contribution in [2.75, 3.05) is 6.61 Å². The van der Waals surface area contributed by atoms with E-state index in [4.69, 9.17) is 16.9 Å². The van der Waals surface area contributed by atoms with Gasteiger partial charge in [-0.2, -0.15) is 5.26 Å². The van der Waals surface area contributed by atoms with Crippen LogP contribution in [0.2, 0.25) is 0 Å². The molecule has 7 heteroatoms. The highest BCUT2D eigenvalue weighted by molar-refractivity contribution is 6.17. The second-order valence-corrected chi connectivity index (χ2v) is 3.46. The Kier molecular flexibility index (Phi) is 4.98. The van der Waals surface area contributed by atoms with Gasteiger partial charge in [-0.25, -0.2) is 18.6 Å². The monoisotopic (exact) mass is 274 g/mol. The van der Waals surface area contributed by atoms with Crippen molar-refractivity contribution in [1.82, 2.24) is 4.98 Å². The number of pyridine rings is 1. The highest BCUT2D eigenvalue weighted by Crippen LogP contribution is 2.27. The Labute approximate surface area is 107 Å². The number of rotatable bonds is 4. The molecular weight excluding hydrogens is 266 g/mol. The summed E-state index contributed by atoms with van der Waals surface area (Å²) in [6, 6.07) is 2.65. The maximum Gasteiger partial charge on any atom is 0.338 e. The number of carbonyl (C=O) groups is 1. The molecule has 0 aromatic carbocycles. The van der Waals surface area contributed by atoms with Gasteiger partial charge in [-0.15, -0.1) is 11.6 Å².